The number of methoxy groups -OCH3 is 1. The van der Waals surface area contributed by atoms with Gasteiger partial charge in [0.25, 0.3) is 0 Å². The van der Waals surface area contributed by atoms with Crippen molar-refractivity contribution in [3.05, 3.63) is 28.8 Å². The van der Waals surface area contributed by atoms with E-state index < -0.39 is 0 Å². The number of hydrogen-bond acceptors (Lipinski definition) is 3. The van der Waals surface area contributed by atoms with Crippen molar-refractivity contribution in [3.63, 3.8) is 0 Å². The molecule has 18 heavy (non-hydrogen) atoms. The van der Waals surface area contributed by atoms with E-state index in [2.05, 4.69) is 5.32 Å². The van der Waals surface area contributed by atoms with Crippen molar-refractivity contribution in [1.29, 1.82) is 0 Å². The fraction of sp³-hybridized carbons (Fsp3) is 0.533. The molecule has 0 spiro atoms. The first-order chi connectivity index (χ1) is 8.55. The van der Waals surface area contributed by atoms with Crippen LogP contribution in [0.5, 0.6) is 5.75 Å². The number of carbonyl (C=O) groups excluding carboxylic acids is 1. The van der Waals surface area contributed by atoms with Crippen LogP contribution in [0.25, 0.3) is 0 Å². The molecule has 3 heteroatoms. The maximum absolute atomic E-state index is 12.6. The zero-order valence-corrected chi connectivity index (χ0v) is 11.6. The van der Waals surface area contributed by atoms with Crippen LogP contribution in [0.2, 0.25) is 0 Å². The van der Waals surface area contributed by atoms with Crippen molar-refractivity contribution in [1.82, 2.24) is 5.32 Å². The van der Waals surface area contributed by atoms with Crippen molar-refractivity contribution in [3.8, 4) is 5.75 Å². The summed E-state index contributed by atoms with van der Waals surface area (Å²) in [4.78, 5) is 12.6. The van der Waals surface area contributed by atoms with Crippen LogP contribution in [0.1, 0.15) is 34.3 Å². The monoisotopic (exact) mass is 247 g/mol. The molecule has 0 aliphatic heterocycles. The smallest absolute Gasteiger partial charge is 0.170 e. The fourth-order valence-electron chi connectivity index (χ4n) is 2.52. The summed E-state index contributed by atoms with van der Waals surface area (Å²) in [5.41, 5.74) is 2.80. The van der Waals surface area contributed by atoms with E-state index in [1.165, 1.54) is 0 Å². The molecule has 1 fully saturated rings. The minimum atomic E-state index is -0.152. The van der Waals surface area contributed by atoms with Gasteiger partial charge in [0.1, 0.15) is 5.75 Å². The molecule has 3 nitrogen and oxygen atoms in total. The third-order valence-corrected chi connectivity index (χ3v) is 4.05. The van der Waals surface area contributed by atoms with Crippen LogP contribution < -0.4 is 10.1 Å². The molecule has 1 N–H and O–H groups in total. The Labute approximate surface area is 109 Å². The molecule has 1 saturated carbocycles. The summed E-state index contributed by atoms with van der Waals surface area (Å²) in [6, 6.07) is 3.80. The molecule has 0 radical (unpaired) electrons. The van der Waals surface area contributed by atoms with Crippen LogP contribution in [0.15, 0.2) is 12.1 Å². The van der Waals surface area contributed by atoms with Gasteiger partial charge < -0.3 is 10.1 Å². The molecule has 0 amide bonds. The zero-order valence-electron chi connectivity index (χ0n) is 11.6. The number of hydrogen-bond donors (Lipinski definition) is 1. The normalized spacial score (nSPS) is 16.4. The quantitative estimate of drug-likeness (QED) is 0.812. The summed E-state index contributed by atoms with van der Waals surface area (Å²) in [7, 11) is 3.56. The average molecular weight is 247 g/mol. The molecule has 0 bridgehead atoms. The van der Waals surface area contributed by atoms with Gasteiger partial charge in [-0.15, -0.1) is 0 Å². The van der Waals surface area contributed by atoms with E-state index in [4.69, 9.17) is 4.74 Å². The third kappa shape index (κ3) is 2.03. The lowest BCUT2D eigenvalue weighted by atomic mass is 9.90. The third-order valence-electron chi connectivity index (χ3n) is 4.05. The van der Waals surface area contributed by atoms with Crippen molar-refractivity contribution in [2.24, 2.45) is 5.41 Å². The number of ketones is 1. The van der Waals surface area contributed by atoms with Gasteiger partial charge in [-0.3, -0.25) is 4.79 Å². The minimum absolute atomic E-state index is 0.152. The van der Waals surface area contributed by atoms with Gasteiger partial charge in [-0.05, 0) is 57.0 Å². The molecular weight excluding hydrogens is 226 g/mol. The van der Waals surface area contributed by atoms with Gasteiger partial charge in [0, 0.05) is 17.5 Å². The molecule has 0 saturated heterocycles. The highest BCUT2D eigenvalue weighted by molar-refractivity contribution is 6.04. The van der Waals surface area contributed by atoms with Crippen molar-refractivity contribution in [2.75, 3.05) is 20.7 Å². The molecule has 98 valence electrons. The molecule has 0 heterocycles. The lowest BCUT2D eigenvalue weighted by molar-refractivity contribution is 0.0899. The molecule has 0 unspecified atom stereocenters. The number of rotatable bonds is 5. The molecular formula is C15H21NO2. The Balaban J connectivity index is 2.35. The first kappa shape index (κ1) is 13.1. The van der Waals surface area contributed by atoms with Crippen LogP contribution in [0.3, 0.4) is 0 Å². The highest BCUT2D eigenvalue weighted by Crippen LogP contribution is 2.48. The summed E-state index contributed by atoms with van der Waals surface area (Å²) in [5.74, 6) is 1.13. The summed E-state index contributed by atoms with van der Waals surface area (Å²) in [6.45, 7) is 4.78. The van der Waals surface area contributed by atoms with Crippen molar-refractivity contribution < 1.29 is 9.53 Å². The Morgan fingerprint density at radius 2 is 2.00 bits per heavy atom. The summed E-state index contributed by atoms with van der Waals surface area (Å²) < 4.78 is 5.29. The van der Waals surface area contributed by atoms with Gasteiger partial charge in [-0.25, -0.2) is 0 Å². The standard InChI is InChI=1S/C15H21NO2/c1-10-11(2)13(18-4)6-5-12(10)14(17)15(7-8-15)9-16-3/h5-6,16H,7-9H2,1-4H3. The number of carbonyl (C=O) groups is 1. The summed E-state index contributed by atoms with van der Waals surface area (Å²) >= 11 is 0. The van der Waals surface area contributed by atoms with E-state index >= 15 is 0 Å². The Kier molecular flexibility index (Phi) is 3.44. The second kappa shape index (κ2) is 4.73. The SMILES string of the molecule is CNCC1(C(=O)c2ccc(OC)c(C)c2C)CC1. The molecule has 1 aliphatic rings. The topological polar surface area (TPSA) is 38.3 Å². The van der Waals surface area contributed by atoms with Gasteiger partial charge in [0.15, 0.2) is 5.78 Å². The van der Waals surface area contributed by atoms with E-state index in [0.717, 1.165) is 41.8 Å². The second-order valence-electron chi connectivity index (χ2n) is 5.21. The van der Waals surface area contributed by atoms with Crippen LogP contribution in [-0.2, 0) is 0 Å². The van der Waals surface area contributed by atoms with Gasteiger partial charge in [0.2, 0.25) is 0 Å². The molecule has 2 rings (SSSR count). The Bertz CT molecular complexity index is 476. The highest BCUT2D eigenvalue weighted by Gasteiger charge is 2.49. The molecule has 1 aromatic carbocycles. The maximum atomic E-state index is 12.6. The number of benzene rings is 1. The van der Waals surface area contributed by atoms with Gasteiger partial charge >= 0.3 is 0 Å². The largest absolute Gasteiger partial charge is 0.496 e. The van der Waals surface area contributed by atoms with Crippen LogP contribution >= 0.6 is 0 Å². The van der Waals surface area contributed by atoms with Crippen molar-refractivity contribution >= 4 is 5.78 Å². The number of nitrogens with one attached hydrogen (secondary N) is 1. The van der Waals surface area contributed by atoms with Gasteiger partial charge in [-0.1, -0.05) is 0 Å². The minimum Gasteiger partial charge on any atom is -0.496 e. The molecule has 0 atom stereocenters. The lowest BCUT2D eigenvalue weighted by Crippen LogP contribution is -2.28. The van der Waals surface area contributed by atoms with Crippen molar-refractivity contribution in [2.45, 2.75) is 26.7 Å². The van der Waals surface area contributed by atoms with Crippen LogP contribution in [0.4, 0.5) is 0 Å². The van der Waals surface area contributed by atoms with E-state index in [1.807, 2.05) is 33.0 Å². The van der Waals surface area contributed by atoms with E-state index in [0.29, 0.717) is 0 Å². The summed E-state index contributed by atoms with van der Waals surface area (Å²) in [6.07, 6.45) is 1.99. The highest BCUT2D eigenvalue weighted by atomic mass is 16.5. The number of ether oxygens (including phenoxy) is 1. The van der Waals surface area contributed by atoms with Gasteiger partial charge in [0.05, 0.1) is 7.11 Å². The predicted octanol–water partition coefficient (Wildman–Crippen LogP) is 2.49. The first-order valence-electron chi connectivity index (χ1n) is 6.39. The maximum Gasteiger partial charge on any atom is 0.170 e. The summed E-state index contributed by atoms with van der Waals surface area (Å²) in [5, 5.41) is 3.13. The fourth-order valence-corrected chi connectivity index (χ4v) is 2.52. The number of Topliss-reactive ketones (excluding diaryl/α,β-unsaturated/α-hetero) is 1. The zero-order chi connectivity index (χ0) is 13.3. The Hall–Kier alpha value is -1.35. The molecule has 1 aromatic rings. The molecule has 1 aliphatic carbocycles. The van der Waals surface area contributed by atoms with Crippen LogP contribution in [0, 0.1) is 19.3 Å². The first-order valence-corrected chi connectivity index (χ1v) is 6.39. The lowest BCUT2D eigenvalue weighted by Gasteiger charge is -2.17. The van der Waals surface area contributed by atoms with E-state index in [9.17, 15) is 4.79 Å². The Morgan fingerprint density at radius 1 is 1.33 bits per heavy atom. The van der Waals surface area contributed by atoms with Gasteiger partial charge in [-0.2, -0.15) is 0 Å². The van der Waals surface area contributed by atoms with Crippen LogP contribution in [-0.4, -0.2) is 26.5 Å². The molecule has 0 aromatic heterocycles. The predicted molar refractivity (Wildman–Crippen MR) is 72.4 cm³/mol. The Morgan fingerprint density at radius 3 is 2.50 bits per heavy atom. The van der Waals surface area contributed by atoms with E-state index in [1.54, 1.807) is 7.11 Å². The second-order valence-corrected chi connectivity index (χ2v) is 5.21. The van der Waals surface area contributed by atoms with E-state index in [-0.39, 0.29) is 11.2 Å². The average Bonchev–Trinajstić information content (AvgIpc) is 3.13.